The number of aryl methyl sites for hydroxylation is 1. The molecular weight excluding hydrogens is 358 g/mol. The molecule has 0 unspecified atom stereocenters. The van der Waals surface area contributed by atoms with E-state index in [2.05, 4.69) is 33.0 Å². The minimum absolute atomic E-state index is 0.383. The van der Waals surface area contributed by atoms with Gasteiger partial charge in [-0.05, 0) is 74.2 Å². The summed E-state index contributed by atoms with van der Waals surface area (Å²) in [5.74, 6) is 0. The Balaban J connectivity index is 1.59. The number of hydrogen-bond acceptors (Lipinski definition) is 3. The zero-order valence-corrected chi connectivity index (χ0v) is 16.1. The van der Waals surface area contributed by atoms with Crippen molar-refractivity contribution in [1.29, 1.82) is 0 Å². The van der Waals surface area contributed by atoms with E-state index in [9.17, 15) is 0 Å². The first-order valence-corrected chi connectivity index (χ1v) is 9.88. The fourth-order valence-electron chi connectivity index (χ4n) is 2.98. The van der Waals surface area contributed by atoms with Crippen LogP contribution in [0.5, 0.6) is 0 Å². The smallest absolute Gasteiger partial charge is 0.170 e. The van der Waals surface area contributed by atoms with E-state index in [1.165, 1.54) is 17.7 Å². The lowest BCUT2D eigenvalue weighted by atomic mass is 10.2. The van der Waals surface area contributed by atoms with Gasteiger partial charge in [0.2, 0.25) is 0 Å². The maximum absolute atomic E-state index is 6.17. The molecule has 0 spiro atoms. The summed E-state index contributed by atoms with van der Waals surface area (Å²) in [5, 5.41) is 10.1. The van der Waals surface area contributed by atoms with Gasteiger partial charge in [0.1, 0.15) is 0 Å². The number of likely N-dealkylation sites (tertiary alicyclic amines) is 1. The average Bonchev–Trinajstić information content (AvgIpc) is 3.25. The molecule has 1 fully saturated rings. The minimum Gasteiger partial charge on any atom is -0.360 e. The number of rotatable bonds is 5. The third kappa shape index (κ3) is 4.48. The Bertz CT molecular complexity index is 682. The molecule has 3 nitrogen and oxygen atoms in total. The summed E-state index contributed by atoms with van der Waals surface area (Å²) in [5.41, 5.74) is 1.98. The Morgan fingerprint density at radius 2 is 2.12 bits per heavy atom. The van der Waals surface area contributed by atoms with Gasteiger partial charge in [-0.25, -0.2) is 0 Å². The molecule has 1 aliphatic heterocycles. The largest absolute Gasteiger partial charge is 0.360 e. The highest BCUT2D eigenvalue weighted by Gasteiger charge is 2.24. The van der Waals surface area contributed by atoms with Crippen LogP contribution in [0.2, 0.25) is 5.02 Å². The van der Waals surface area contributed by atoms with Gasteiger partial charge in [-0.15, -0.1) is 11.3 Å². The summed E-state index contributed by atoms with van der Waals surface area (Å²) in [4.78, 5) is 3.94. The van der Waals surface area contributed by atoms with Crippen molar-refractivity contribution in [3.63, 3.8) is 0 Å². The van der Waals surface area contributed by atoms with Crippen LogP contribution in [-0.2, 0) is 0 Å². The van der Waals surface area contributed by atoms with Crippen molar-refractivity contribution in [2.24, 2.45) is 0 Å². The second-order valence-electron chi connectivity index (χ2n) is 6.07. The van der Waals surface area contributed by atoms with Crippen LogP contribution in [0.4, 0.5) is 5.69 Å². The number of halogens is 1. The predicted octanol–water partition coefficient (Wildman–Crippen LogP) is 4.83. The van der Waals surface area contributed by atoms with Crippen molar-refractivity contribution in [1.82, 2.24) is 10.2 Å². The first-order valence-electron chi connectivity index (χ1n) is 8.22. The Labute approximate surface area is 158 Å². The summed E-state index contributed by atoms with van der Waals surface area (Å²) in [6.45, 7) is 5.13. The molecule has 6 heteroatoms. The molecule has 1 saturated heterocycles. The SMILES string of the molecule is Cc1ccc(NC(=S)NC[C@@H](c2cccs2)N2CCCC2)cc1Cl. The Morgan fingerprint density at radius 3 is 2.79 bits per heavy atom. The number of hydrogen-bond donors (Lipinski definition) is 2. The predicted molar refractivity (Wildman–Crippen MR) is 108 cm³/mol. The van der Waals surface area contributed by atoms with Crippen molar-refractivity contribution >= 4 is 46.0 Å². The summed E-state index contributed by atoms with van der Waals surface area (Å²) >= 11 is 13.4. The third-order valence-corrected chi connectivity index (χ3v) is 5.97. The number of thiophene rings is 1. The van der Waals surface area contributed by atoms with E-state index in [-0.39, 0.29) is 0 Å². The van der Waals surface area contributed by atoms with Crippen LogP contribution in [0, 0.1) is 6.92 Å². The molecule has 0 radical (unpaired) electrons. The number of benzene rings is 1. The van der Waals surface area contributed by atoms with Crippen LogP contribution in [-0.4, -0.2) is 29.6 Å². The van der Waals surface area contributed by atoms with E-state index in [0.717, 1.165) is 35.9 Å². The highest BCUT2D eigenvalue weighted by atomic mass is 35.5. The highest BCUT2D eigenvalue weighted by Crippen LogP contribution is 2.28. The van der Waals surface area contributed by atoms with Crippen LogP contribution in [0.1, 0.15) is 29.3 Å². The van der Waals surface area contributed by atoms with Crippen LogP contribution in [0.3, 0.4) is 0 Å². The van der Waals surface area contributed by atoms with Gasteiger partial charge in [-0.1, -0.05) is 23.7 Å². The monoisotopic (exact) mass is 379 g/mol. The van der Waals surface area contributed by atoms with Crippen LogP contribution >= 0.6 is 35.2 Å². The van der Waals surface area contributed by atoms with Crippen molar-refractivity contribution in [3.05, 3.63) is 51.2 Å². The van der Waals surface area contributed by atoms with E-state index in [1.54, 1.807) is 0 Å². The molecule has 0 aliphatic carbocycles. The summed E-state index contributed by atoms with van der Waals surface area (Å²) < 4.78 is 0. The first kappa shape index (κ1) is 17.7. The van der Waals surface area contributed by atoms with E-state index < -0.39 is 0 Å². The van der Waals surface area contributed by atoms with Crippen LogP contribution < -0.4 is 10.6 Å². The van der Waals surface area contributed by atoms with Crippen molar-refractivity contribution in [3.8, 4) is 0 Å². The summed E-state index contributed by atoms with van der Waals surface area (Å²) in [6, 6.07) is 10.6. The Hall–Kier alpha value is -1.14. The maximum Gasteiger partial charge on any atom is 0.170 e. The molecule has 1 aliphatic rings. The van der Waals surface area contributed by atoms with Gasteiger partial charge >= 0.3 is 0 Å². The highest BCUT2D eigenvalue weighted by molar-refractivity contribution is 7.80. The average molecular weight is 380 g/mol. The van der Waals surface area contributed by atoms with Crippen LogP contribution in [0.25, 0.3) is 0 Å². The molecule has 2 N–H and O–H groups in total. The molecule has 0 saturated carbocycles. The second-order valence-corrected chi connectivity index (χ2v) is 7.87. The second kappa shape index (κ2) is 8.30. The minimum atomic E-state index is 0.383. The van der Waals surface area contributed by atoms with Crippen molar-refractivity contribution in [2.45, 2.75) is 25.8 Å². The normalized spacial score (nSPS) is 16.1. The summed E-state index contributed by atoms with van der Waals surface area (Å²) in [7, 11) is 0. The van der Waals surface area contributed by atoms with E-state index in [0.29, 0.717) is 11.2 Å². The zero-order chi connectivity index (χ0) is 16.9. The van der Waals surface area contributed by atoms with Gasteiger partial charge < -0.3 is 10.6 Å². The lowest BCUT2D eigenvalue weighted by Gasteiger charge is -2.27. The van der Waals surface area contributed by atoms with E-state index in [1.807, 2.05) is 36.5 Å². The van der Waals surface area contributed by atoms with E-state index >= 15 is 0 Å². The molecule has 3 rings (SSSR count). The molecule has 2 aromatic rings. The Morgan fingerprint density at radius 1 is 1.33 bits per heavy atom. The molecule has 0 bridgehead atoms. The quantitative estimate of drug-likeness (QED) is 0.727. The van der Waals surface area contributed by atoms with Gasteiger partial charge in [-0.2, -0.15) is 0 Å². The van der Waals surface area contributed by atoms with Crippen molar-refractivity contribution < 1.29 is 0 Å². The molecule has 24 heavy (non-hydrogen) atoms. The number of nitrogens with zero attached hydrogens (tertiary/aromatic N) is 1. The van der Waals surface area contributed by atoms with E-state index in [4.69, 9.17) is 23.8 Å². The fraction of sp³-hybridized carbons (Fsp3) is 0.389. The van der Waals surface area contributed by atoms with Crippen LogP contribution in [0.15, 0.2) is 35.7 Å². The van der Waals surface area contributed by atoms with Gasteiger partial charge in [-0.3, -0.25) is 4.90 Å². The number of anilines is 1. The number of thiocarbonyl (C=S) groups is 1. The lowest BCUT2D eigenvalue weighted by molar-refractivity contribution is 0.249. The maximum atomic E-state index is 6.17. The topological polar surface area (TPSA) is 27.3 Å². The summed E-state index contributed by atoms with van der Waals surface area (Å²) in [6.07, 6.45) is 2.57. The first-order chi connectivity index (χ1) is 11.6. The van der Waals surface area contributed by atoms with Gasteiger partial charge in [0.05, 0.1) is 6.04 Å². The molecule has 128 valence electrons. The molecule has 1 atom stereocenters. The fourth-order valence-corrected chi connectivity index (χ4v) is 4.22. The standard InChI is InChI=1S/C18H22ClN3S2/c1-13-6-7-14(11-15(13)19)21-18(23)20-12-16(17-5-4-10-24-17)22-8-2-3-9-22/h4-7,10-11,16H,2-3,8-9,12H2,1H3,(H2,20,21,23)/t16-/m0/s1. The number of nitrogens with one attached hydrogen (secondary N) is 2. The Kier molecular flexibility index (Phi) is 6.11. The molecule has 1 aromatic heterocycles. The molecule has 2 heterocycles. The third-order valence-electron chi connectivity index (χ3n) is 4.34. The molecular formula is C18H22ClN3S2. The van der Waals surface area contributed by atoms with Gasteiger partial charge in [0, 0.05) is 22.1 Å². The zero-order valence-electron chi connectivity index (χ0n) is 13.7. The molecule has 1 aromatic carbocycles. The van der Waals surface area contributed by atoms with Gasteiger partial charge in [0.25, 0.3) is 0 Å². The lowest BCUT2D eigenvalue weighted by Crippen LogP contribution is -2.38. The van der Waals surface area contributed by atoms with Crippen molar-refractivity contribution in [2.75, 3.05) is 25.0 Å². The van der Waals surface area contributed by atoms with Gasteiger partial charge in [0.15, 0.2) is 5.11 Å². The molecule has 0 amide bonds.